The van der Waals surface area contributed by atoms with Gasteiger partial charge in [0.25, 0.3) is 5.69 Å². The van der Waals surface area contributed by atoms with E-state index >= 15 is 0 Å². The van der Waals surface area contributed by atoms with Crippen molar-refractivity contribution in [1.29, 1.82) is 0 Å². The third-order valence-corrected chi connectivity index (χ3v) is 4.22. The Morgan fingerprint density at radius 1 is 1.21 bits per heavy atom. The maximum absolute atomic E-state index is 11.3. The van der Waals surface area contributed by atoms with Crippen molar-refractivity contribution in [3.8, 4) is 0 Å². The van der Waals surface area contributed by atoms with Crippen LogP contribution in [0.1, 0.15) is 16.7 Å². The number of hydrazone groups is 1. The SMILES string of the molecule is Cc1ccc(/C=N\Nc2ccc(S(N)(=O)=O)cc2[N+](=O)[O-])c(C)c1. The predicted octanol–water partition coefficient (Wildman–Crippen LogP) is 2.31. The number of nitrogens with zero attached hydrogens (tertiary/aromatic N) is 2. The predicted molar refractivity (Wildman–Crippen MR) is 91.6 cm³/mol. The highest BCUT2D eigenvalue weighted by Crippen LogP contribution is 2.27. The van der Waals surface area contributed by atoms with Crippen LogP contribution >= 0.6 is 0 Å². The summed E-state index contributed by atoms with van der Waals surface area (Å²) in [6.07, 6.45) is 1.53. The lowest BCUT2D eigenvalue weighted by Crippen LogP contribution is -2.12. The van der Waals surface area contributed by atoms with E-state index in [1.54, 1.807) is 0 Å². The van der Waals surface area contributed by atoms with Gasteiger partial charge in [-0.25, -0.2) is 13.6 Å². The molecular formula is C15H16N4O4S. The number of aryl methyl sites for hydroxylation is 2. The Labute approximate surface area is 139 Å². The number of nitrogens with two attached hydrogens (primary N) is 1. The van der Waals surface area contributed by atoms with Crippen LogP contribution < -0.4 is 10.6 Å². The molecule has 9 heteroatoms. The molecule has 0 atom stereocenters. The normalized spacial score (nSPS) is 11.6. The van der Waals surface area contributed by atoms with E-state index < -0.39 is 20.6 Å². The van der Waals surface area contributed by atoms with Crippen LogP contribution in [0, 0.1) is 24.0 Å². The molecule has 126 valence electrons. The van der Waals surface area contributed by atoms with Gasteiger partial charge in [-0.15, -0.1) is 0 Å². The Morgan fingerprint density at radius 3 is 2.50 bits per heavy atom. The average Bonchev–Trinajstić information content (AvgIpc) is 2.48. The maximum atomic E-state index is 11.3. The van der Waals surface area contributed by atoms with Gasteiger partial charge < -0.3 is 0 Å². The minimum atomic E-state index is -4.02. The van der Waals surface area contributed by atoms with E-state index in [4.69, 9.17) is 5.14 Å². The second-order valence-corrected chi connectivity index (χ2v) is 6.77. The Kier molecular flexibility index (Phi) is 4.96. The van der Waals surface area contributed by atoms with Crippen molar-refractivity contribution < 1.29 is 13.3 Å². The summed E-state index contributed by atoms with van der Waals surface area (Å²) in [4.78, 5) is 10.1. The second kappa shape index (κ2) is 6.77. The zero-order valence-electron chi connectivity index (χ0n) is 13.1. The molecule has 2 rings (SSSR count). The first kappa shape index (κ1) is 17.6. The summed E-state index contributed by atoms with van der Waals surface area (Å²) in [7, 11) is -4.02. The summed E-state index contributed by atoms with van der Waals surface area (Å²) >= 11 is 0. The highest BCUT2D eigenvalue weighted by Gasteiger charge is 2.18. The summed E-state index contributed by atoms with van der Waals surface area (Å²) in [6.45, 7) is 3.90. The molecule has 8 nitrogen and oxygen atoms in total. The molecule has 24 heavy (non-hydrogen) atoms. The fraction of sp³-hybridized carbons (Fsp3) is 0.133. The van der Waals surface area contributed by atoms with Crippen molar-refractivity contribution >= 4 is 27.6 Å². The molecule has 3 N–H and O–H groups in total. The van der Waals surface area contributed by atoms with E-state index in [2.05, 4.69) is 10.5 Å². The Bertz CT molecular complexity index is 923. The van der Waals surface area contributed by atoms with E-state index in [9.17, 15) is 18.5 Å². The van der Waals surface area contributed by atoms with Crippen molar-refractivity contribution in [2.45, 2.75) is 18.7 Å². The number of primary sulfonamides is 1. The lowest BCUT2D eigenvalue weighted by atomic mass is 10.1. The molecule has 0 bridgehead atoms. The molecule has 0 saturated heterocycles. The van der Waals surface area contributed by atoms with Gasteiger partial charge in [-0.3, -0.25) is 15.5 Å². The molecule has 0 aliphatic rings. The number of rotatable bonds is 5. The number of sulfonamides is 1. The van der Waals surface area contributed by atoms with Gasteiger partial charge in [0.05, 0.1) is 16.0 Å². The molecule has 0 saturated carbocycles. The summed E-state index contributed by atoms with van der Waals surface area (Å²) in [5, 5.41) is 20.1. The van der Waals surface area contributed by atoms with Crippen molar-refractivity contribution in [1.82, 2.24) is 0 Å². The quantitative estimate of drug-likeness (QED) is 0.487. The molecule has 0 radical (unpaired) electrons. The summed E-state index contributed by atoms with van der Waals surface area (Å²) in [5.74, 6) is 0. The van der Waals surface area contributed by atoms with E-state index in [1.807, 2.05) is 32.0 Å². The standard InChI is InChI=1S/C15H16N4O4S/c1-10-3-4-12(11(2)7-10)9-17-18-14-6-5-13(24(16,22)23)8-15(14)19(20)21/h3-9,18H,1-2H3,(H2,16,22,23)/b17-9-. The van der Waals surface area contributed by atoms with Crippen LogP contribution in [0.15, 0.2) is 46.4 Å². The van der Waals surface area contributed by atoms with Crippen LogP contribution in [0.3, 0.4) is 0 Å². The highest BCUT2D eigenvalue weighted by atomic mass is 32.2. The zero-order valence-corrected chi connectivity index (χ0v) is 13.9. The highest BCUT2D eigenvalue weighted by molar-refractivity contribution is 7.89. The second-order valence-electron chi connectivity index (χ2n) is 5.21. The van der Waals surface area contributed by atoms with Gasteiger partial charge >= 0.3 is 0 Å². The fourth-order valence-corrected chi connectivity index (χ4v) is 2.61. The largest absolute Gasteiger partial charge is 0.295 e. The number of benzene rings is 2. The van der Waals surface area contributed by atoms with Gasteiger partial charge in [0, 0.05) is 6.07 Å². The Balaban J connectivity index is 2.29. The molecule has 0 aliphatic heterocycles. The molecule has 2 aromatic rings. The van der Waals surface area contributed by atoms with Gasteiger partial charge in [-0.05, 0) is 37.1 Å². The fourth-order valence-electron chi connectivity index (χ4n) is 2.08. The zero-order chi connectivity index (χ0) is 17.9. The molecule has 2 aromatic carbocycles. The van der Waals surface area contributed by atoms with E-state index in [1.165, 1.54) is 18.3 Å². The maximum Gasteiger partial charge on any atom is 0.295 e. The van der Waals surface area contributed by atoms with Crippen molar-refractivity contribution in [2.75, 3.05) is 5.43 Å². The van der Waals surface area contributed by atoms with Gasteiger partial charge in [-0.2, -0.15) is 5.10 Å². The molecule has 0 fully saturated rings. The molecule has 0 amide bonds. The van der Waals surface area contributed by atoms with Gasteiger partial charge in [-0.1, -0.05) is 23.8 Å². The topological polar surface area (TPSA) is 128 Å². The van der Waals surface area contributed by atoms with Crippen LogP contribution in [0.5, 0.6) is 0 Å². The lowest BCUT2D eigenvalue weighted by Gasteiger charge is -2.05. The smallest absolute Gasteiger partial charge is 0.272 e. The van der Waals surface area contributed by atoms with Gasteiger partial charge in [0.1, 0.15) is 5.69 Å². The molecular weight excluding hydrogens is 332 g/mol. The van der Waals surface area contributed by atoms with Crippen LogP contribution in [0.25, 0.3) is 0 Å². The van der Waals surface area contributed by atoms with Crippen LogP contribution in [0.2, 0.25) is 0 Å². The lowest BCUT2D eigenvalue weighted by molar-refractivity contribution is -0.384. The van der Waals surface area contributed by atoms with Crippen molar-refractivity contribution in [2.24, 2.45) is 10.2 Å². The van der Waals surface area contributed by atoms with Crippen molar-refractivity contribution in [3.63, 3.8) is 0 Å². The average molecular weight is 348 g/mol. The van der Waals surface area contributed by atoms with Crippen LogP contribution in [0.4, 0.5) is 11.4 Å². The van der Waals surface area contributed by atoms with E-state index in [-0.39, 0.29) is 10.6 Å². The van der Waals surface area contributed by atoms with Gasteiger partial charge in [0.2, 0.25) is 10.0 Å². The number of nitrogens with one attached hydrogen (secondary N) is 1. The number of nitro benzene ring substituents is 1. The summed E-state index contributed by atoms with van der Waals surface area (Å²) in [5.41, 5.74) is 5.18. The monoisotopic (exact) mass is 348 g/mol. The molecule has 0 unspecified atom stereocenters. The molecule has 0 heterocycles. The number of anilines is 1. The first-order chi connectivity index (χ1) is 11.2. The molecule has 0 aliphatic carbocycles. The van der Waals surface area contributed by atoms with Crippen LogP contribution in [-0.4, -0.2) is 19.6 Å². The van der Waals surface area contributed by atoms with E-state index in [0.29, 0.717) is 0 Å². The summed E-state index contributed by atoms with van der Waals surface area (Å²) < 4.78 is 22.6. The first-order valence-corrected chi connectivity index (χ1v) is 8.40. The Hall–Kier alpha value is -2.78. The minimum Gasteiger partial charge on any atom is -0.272 e. The number of nitro groups is 1. The number of hydrogen-bond acceptors (Lipinski definition) is 6. The van der Waals surface area contributed by atoms with E-state index in [0.717, 1.165) is 22.8 Å². The minimum absolute atomic E-state index is 0.0633. The molecule has 0 spiro atoms. The van der Waals surface area contributed by atoms with Crippen molar-refractivity contribution in [3.05, 3.63) is 63.2 Å². The number of hydrogen-bond donors (Lipinski definition) is 2. The van der Waals surface area contributed by atoms with Gasteiger partial charge in [0.15, 0.2) is 0 Å². The third-order valence-electron chi connectivity index (χ3n) is 3.31. The first-order valence-electron chi connectivity index (χ1n) is 6.86. The Morgan fingerprint density at radius 2 is 1.92 bits per heavy atom. The third kappa shape index (κ3) is 4.15. The summed E-state index contributed by atoms with van der Waals surface area (Å²) in [6, 6.07) is 9.12. The van der Waals surface area contributed by atoms with Crippen LogP contribution in [-0.2, 0) is 10.0 Å². The molecule has 0 aromatic heterocycles.